The van der Waals surface area contributed by atoms with Crippen molar-refractivity contribution < 1.29 is 53.7 Å². The lowest BCUT2D eigenvalue weighted by molar-refractivity contribution is -0.152. The number of esters is 1. The second-order valence-electron chi connectivity index (χ2n) is 19.3. The van der Waals surface area contributed by atoms with Crippen LogP contribution in [0.3, 0.4) is 0 Å². The smallest absolute Gasteiger partial charge is 0.339 e. The Morgan fingerprint density at radius 2 is 1.39 bits per heavy atom. The minimum atomic E-state index is -0.979. The van der Waals surface area contributed by atoms with Gasteiger partial charge in [-0.2, -0.15) is 0 Å². The van der Waals surface area contributed by atoms with E-state index in [4.69, 9.17) is 23.7 Å². The number of carboxylic acids is 1. The largest absolute Gasteiger partial charge is 0.478 e. The van der Waals surface area contributed by atoms with Crippen LogP contribution < -0.4 is 0 Å². The fourth-order valence-corrected chi connectivity index (χ4v) is 8.86. The highest BCUT2D eigenvalue weighted by molar-refractivity contribution is 5.99. The molecule has 3 heterocycles. The standard InChI is InChI=1S/C29H36O6.C29H34O5/c1-18(20(3)30)15-17-24(31)27-25(34-29(4,5)35-27)13-9-12-23-22(21-10-7-6-8-11-21)16-14-19(2)26(23)28(32)33;1-18-15-17-24(30)27-25(33-29(4,5)34-27)13-9-12-23-22(21-10-7-6-8-11-21)16-14-19(2)26(23)28(31)32-20(18)3/h6-12,14-18,20,24-25,27,30-31H,13H2,1-5H3,(H,32,33);6-12,14-18,20,24-25,27,30H,13H2,1-5H3/b12-9+,17-15-;12-9?,17-15-/t2*18-,20+,24?,25+,27-/m11/s1. The number of hydrogen-bond acceptors (Lipinski definition) is 10. The van der Waals surface area contributed by atoms with Crippen LogP contribution in [0.15, 0.2) is 121 Å². The van der Waals surface area contributed by atoms with Crippen molar-refractivity contribution in [2.24, 2.45) is 11.8 Å². The molecule has 4 aromatic rings. The fourth-order valence-electron chi connectivity index (χ4n) is 8.86. The molecule has 0 saturated carbocycles. The highest BCUT2D eigenvalue weighted by atomic mass is 16.8. The van der Waals surface area contributed by atoms with Crippen molar-refractivity contribution in [1.82, 2.24) is 0 Å². The molecule has 4 aromatic carbocycles. The maximum Gasteiger partial charge on any atom is 0.339 e. The number of carboxylic acid groups (broad SMARTS) is 1. The van der Waals surface area contributed by atoms with Gasteiger partial charge < -0.3 is 44.1 Å². The molecule has 3 aliphatic rings. The van der Waals surface area contributed by atoms with Gasteiger partial charge in [0.05, 0.1) is 29.4 Å². The van der Waals surface area contributed by atoms with Crippen molar-refractivity contribution in [2.45, 2.75) is 142 Å². The predicted molar refractivity (Wildman–Crippen MR) is 270 cm³/mol. The summed E-state index contributed by atoms with van der Waals surface area (Å²) in [5.74, 6) is -3.17. The van der Waals surface area contributed by atoms with E-state index in [9.17, 15) is 30.0 Å². The van der Waals surface area contributed by atoms with Gasteiger partial charge in [0.1, 0.15) is 30.5 Å². The van der Waals surface area contributed by atoms with Crippen molar-refractivity contribution in [1.29, 1.82) is 0 Å². The molecule has 0 aromatic heterocycles. The third kappa shape index (κ3) is 13.4. The van der Waals surface area contributed by atoms with Crippen LogP contribution in [0.5, 0.6) is 0 Å². The SMILES string of the molecule is Cc1ccc(-c2ccccc2)c(/C=C/C[C@@H]2OC(C)(C)O[C@@H]2C(O)/C=C\[C@@H](C)[C@H](C)O)c1C(=O)O.Cc1ccc(-c2ccccc2)c2c1C(=O)O[C@@H](C)[C@H](C)/C=C\C(O)[C@H]1OC(C)(C)O[C@H]1CC=C2. The Labute approximate surface area is 407 Å². The van der Waals surface area contributed by atoms with Gasteiger partial charge in [0.2, 0.25) is 0 Å². The van der Waals surface area contributed by atoms with E-state index in [0.717, 1.165) is 33.4 Å². The topological polar surface area (TPSA) is 161 Å². The number of aryl methyl sites for hydroxylation is 2. The van der Waals surface area contributed by atoms with Crippen LogP contribution in [0.25, 0.3) is 34.4 Å². The average Bonchev–Trinajstić information content (AvgIpc) is 3.80. The number of cyclic esters (lactones) is 1. The monoisotopic (exact) mass is 942 g/mol. The molecule has 3 aliphatic heterocycles. The first-order chi connectivity index (χ1) is 32.7. The summed E-state index contributed by atoms with van der Waals surface area (Å²) in [4.78, 5) is 25.5. The summed E-state index contributed by atoms with van der Waals surface area (Å²) >= 11 is 0. The second kappa shape index (κ2) is 22.9. The maximum atomic E-state index is 13.4. The molecule has 10 atom stereocenters. The third-order valence-corrected chi connectivity index (χ3v) is 12.9. The molecule has 7 rings (SSSR count). The summed E-state index contributed by atoms with van der Waals surface area (Å²) < 4.78 is 30.1. The van der Waals surface area contributed by atoms with E-state index in [1.54, 1.807) is 45.9 Å². The van der Waals surface area contributed by atoms with E-state index in [-0.39, 0.29) is 35.6 Å². The van der Waals surface area contributed by atoms with E-state index in [1.807, 2.05) is 157 Å². The van der Waals surface area contributed by atoms with E-state index in [2.05, 4.69) is 0 Å². The lowest BCUT2D eigenvalue weighted by Gasteiger charge is -2.23. The van der Waals surface area contributed by atoms with E-state index in [0.29, 0.717) is 29.5 Å². The fraction of sp³-hybridized carbons (Fsp3) is 0.414. The molecule has 0 spiro atoms. The van der Waals surface area contributed by atoms with Gasteiger partial charge in [-0.3, -0.25) is 0 Å². The first-order valence-corrected chi connectivity index (χ1v) is 23.9. The van der Waals surface area contributed by atoms with E-state index < -0.39 is 54.2 Å². The number of ether oxygens (including phenoxy) is 5. The molecule has 0 aliphatic carbocycles. The third-order valence-electron chi connectivity index (χ3n) is 12.9. The Morgan fingerprint density at radius 1 is 0.783 bits per heavy atom. The molecule has 0 radical (unpaired) electrons. The minimum Gasteiger partial charge on any atom is -0.478 e. The van der Waals surface area contributed by atoms with Gasteiger partial charge in [0.15, 0.2) is 11.6 Å². The van der Waals surface area contributed by atoms with Crippen molar-refractivity contribution in [2.75, 3.05) is 0 Å². The molecule has 69 heavy (non-hydrogen) atoms. The molecule has 368 valence electrons. The van der Waals surface area contributed by atoms with Crippen LogP contribution in [-0.4, -0.2) is 92.8 Å². The summed E-state index contributed by atoms with van der Waals surface area (Å²) in [6, 6.07) is 27.5. The molecule has 0 amide bonds. The van der Waals surface area contributed by atoms with Crippen LogP contribution in [0.2, 0.25) is 0 Å². The molecule has 11 heteroatoms. The average molecular weight is 943 g/mol. The van der Waals surface area contributed by atoms with Crippen LogP contribution in [0.1, 0.15) is 111 Å². The molecule has 2 unspecified atom stereocenters. The second-order valence-corrected chi connectivity index (χ2v) is 19.3. The van der Waals surface area contributed by atoms with Crippen molar-refractivity contribution in [3.63, 3.8) is 0 Å². The van der Waals surface area contributed by atoms with Crippen molar-refractivity contribution in [3.05, 3.63) is 155 Å². The van der Waals surface area contributed by atoms with Gasteiger partial charge in [0, 0.05) is 5.92 Å². The first kappa shape index (κ1) is 52.9. The molecular formula is C58H70O11. The van der Waals surface area contributed by atoms with Crippen LogP contribution in [0.4, 0.5) is 0 Å². The van der Waals surface area contributed by atoms with Crippen molar-refractivity contribution >= 4 is 24.1 Å². The van der Waals surface area contributed by atoms with Crippen LogP contribution in [0, 0.1) is 25.7 Å². The quantitative estimate of drug-likeness (QED) is 0.0885. The summed E-state index contributed by atoms with van der Waals surface area (Å²) in [6.07, 6.45) is 11.2. The molecule has 2 saturated heterocycles. The molecule has 2 fully saturated rings. The van der Waals surface area contributed by atoms with Gasteiger partial charge in [-0.15, -0.1) is 0 Å². The van der Waals surface area contributed by atoms with Gasteiger partial charge in [0.25, 0.3) is 0 Å². The minimum absolute atomic E-state index is 0.0908. The number of hydrogen-bond donors (Lipinski definition) is 4. The number of aliphatic hydroxyl groups is 3. The molecule has 11 nitrogen and oxygen atoms in total. The number of carbonyl (C=O) groups is 2. The Kier molecular flexibility index (Phi) is 17.6. The Bertz CT molecular complexity index is 2500. The number of aromatic carboxylic acids is 1. The number of fused-ring (bicyclic) bond motifs is 2. The molecule has 0 bridgehead atoms. The first-order valence-electron chi connectivity index (χ1n) is 23.9. The van der Waals surface area contributed by atoms with Crippen molar-refractivity contribution in [3.8, 4) is 22.3 Å². The summed E-state index contributed by atoms with van der Waals surface area (Å²) in [5, 5.41) is 41.2. The van der Waals surface area contributed by atoms with Gasteiger partial charge >= 0.3 is 11.9 Å². The van der Waals surface area contributed by atoms with Crippen LogP contribution >= 0.6 is 0 Å². The predicted octanol–water partition coefficient (Wildman–Crippen LogP) is 10.9. The number of rotatable bonds is 10. The summed E-state index contributed by atoms with van der Waals surface area (Å²) in [5.41, 5.74) is 7.58. The Hall–Kier alpha value is -5.50. The van der Waals surface area contributed by atoms with Gasteiger partial charge in [-0.25, -0.2) is 9.59 Å². The van der Waals surface area contributed by atoms with Crippen LogP contribution in [-0.2, 0) is 23.7 Å². The zero-order valence-corrected chi connectivity index (χ0v) is 41.5. The summed E-state index contributed by atoms with van der Waals surface area (Å²) in [7, 11) is 0. The normalized spacial score (nSPS) is 26.2. The maximum absolute atomic E-state index is 13.4. The number of carbonyl (C=O) groups excluding carboxylic acids is 1. The highest BCUT2D eigenvalue weighted by Gasteiger charge is 2.45. The van der Waals surface area contributed by atoms with Gasteiger partial charge in [-0.05, 0) is 119 Å². The van der Waals surface area contributed by atoms with E-state index >= 15 is 0 Å². The molecular weight excluding hydrogens is 873 g/mol. The zero-order valence-electron chi connectivity index (χ0n) is 41.5. The number of aliphatic hydroxyl groups excluding tert-OH is 3. The Morgan fingerprint density at radius 3 is 2.03 bits per heavy atom. The zero-order chi connectivity index (χ0) is 50.2. The lowest BCUT2D eigenvalue weighted by atomic mass is 9.91. The van der Waals surface area contributed by atoms with Gasteiger partial charge in [-0.1, -0.05) is 147 Å². The molecule has 4 N–H and O–H groups in total. The highest BCUT2D eigenvalue weighted by Crippen LogP contribution is 2.37. The van der Waals surface area contributed by atoms with E-state index in [1.165, 1.54) is 0 Å². The number of benzene rings is 4. The summed E-state index contributed by atoms with van der Waals surface area (Å²) in [6.45, 7) is 18.5. The lowest BCUT2D eigenvalue weighted by Crippen LogP contribution is -2.34. The Balaban J connectivity index is 0.000000227.